The molecule has 0 saturated heterocycles. The summed E-state index contributed by atoms with van der Waals surface area (Å²) in [6.07, 6.45) is 2.23. The van der Waals surface area contributed by atoms with Crippen LogP contribution in [0, 0.1) is 0 Å². The SMILES string of the molecule is CCOC(=O)Nc1ccc(N2CCc3ccccc3C2)nc1. The van der Waals surface area contributed by atoms with Crippen LogP contribution < -0.4 is 10.2 Å². The number of amides is 1. The number of fused-ring (bicyclic) bond motifs is 1. The molecule has 0 radical (unpaired) electrons. The Morgan fingerprint density at radius 1 is 1.27 bits per heavy atom. The van der Waals surface area contributed by atoms with Crippen LogP contribution in [-0.2, 0) is 17.7 Å². The number of benzene rings is 1. The number of pyridine rings is 1. The summed E-state index contributed by atoms with van der Waals surface area (Å²) in [7, 11) is 0. The molecule has 0 fully saturated rings. The Bertz CT molecular complexity index is 655. The third kappa shape index (κ3) is 3.19. The van der Waals surface area contributed by atoms with Crippen molar-refractivity contribution in [3.05, 3.63) is 53.7 Å². The predicted octanol–water partition coefficient (Wildman–Crippen LogP) is 3.21. The summed E-state index contributed by atoms with van der Waals surface area (Å²) in [5, 5.41) is 2.65. The quantitative estimate of drug-likeness (QED) is 0.945. The van der Waals surface area contributed by atoms with E-state index >= 15 is 0 Å². The maximum atomic E-state index is 11.4. The maximum Gasteiger partial charge on any atom is 0.411 e. The topological polar surface area (TPSA) is 54.5 Å². The van der Waals surface area contributed by atoms with E-state index in [0.29, 0.717) is 12.3 Å². The van der Waals surface area contributed by atoms with E-state index in [0.717, 1.165) is 25.3 Å². The summed E-state index contributed by atoms with van der Waals surface area (Å²) in [6.45, 7) is 3.95. The highest BCUT2D eigenvalue weighted by Crippen LogP contribution is 2.23. The molecule has 3 rings (SSSR count). The third-order valence-corrected chi connectivity index (χ3v) is 3.72. The lowest BCUT2D eigenvalue weighted by molar-refractivity contribution is 0.168. The molecule has 5 nitrogen and oxygen atoms in total. The Morgan fingerprint density at radius 3 is 2.82 bits per heavy atom. The van der Waals surface area contributed by atoms with Gasteiger partial charge in [-0.05, 0) is 36.6 Å². The molecule has 1 N–H and O–H groups in total. The Labute approximate surface area is 129 Å². The van der Waals surface area contributed by atoms with Gasteiger partial charge in [0.1, 0.15) is 5.82 Å². The van der Waals surface area contributed by atoms with Crippen molar-refractivity contribution in [2.75, 3.05) is 23.4 Å². The fraction of sp³-hybridized carbons (Fsp3) is 0.294. The molecule has 114 valence electrons. The summed E-state index contributed by atoms with van der Waals surface area (Å²) in [4.78, 5) is 18.1. The summed E-state index contributed by atoms with van der Waals surface area (Å²) in [5.74, 6) is 0.920. The first-order valence-corrected chi connectivity index (χ1v) is 7.48. The van der Waals surface area contributed by atoms with Crippen molar-refractivity contribution >= 4 is 17.6 Å². The first kappa shape index (κ1) is 14.4. The number of rotatable bonds is 3. The minimum absolute atomic E-state index is 0.352. The van der Waals surface area contributed by atoms with Gasteiger partial charge in [0.05, 0.1) is 18.5 Å². The number of nitrogens with one attached hydrogen (secondary N) is 1. The molecule has 1 aromatic carbocycles. The van der Waals surface area contributed by atoms with Crippen LogP contribution in [0.5, 0.6) is 0 Å². The largest absolute Gasteiger partial charge is 0.450 e. The van der Waals surface area contributed by atoms with E-state index in [1.165, 1.54) is 11.1 Å². The van der Waals surface area contributed by atoms with Gasteiger partial charge in [0.25, 0.3) is 0 Å². The summed E-state index contributed by atoms with van der Waals surface area (Å²) < 4.78 is 4.84. The molecule has 1 aliphatic heterocycles. The zero-order valence-corrected chi connectivity index (χ0v) is 12.6. The average Bonchev–Trinajstić information content (AvgIpc) is 2.55. The van der Waals surface area contributed by atoms with Gasteiger partial charge in [-0.3, -0.25) is 5.32 Å². The highest BCUT2D eigenvalue weighted by Gasteiger charge is 2.16. The number of hydrogen-bond acceptors (Lipinski definition) is 4. The molecule has 0 aliphatic carbocycles. The monoisotopic (exact) mass is 297 g/mol. The van der Waals surface area contributed by atoms with Crippen molar-refractivity contribution < 1.29 is 9.53 Å². The lowest BCUT2D eigenvalue weighted by Gasteiger charge is -2.29. The van der Waals surface area contributed by atoms with E-state index in [1.807, 2.05) is 12.1 Å². The number of carbonyl (C=O) groups excluding carboxylic acids is 1. The number of hydrogen-bond donors (Lipinski definition) is 1. The van der Waals surface area contributed by atoms with Gasteiger partial charge < -0.3 is 9.64 Å². The molecule has 2 aromatic rings. The van der Waals surface area contributed by atoms with Crippen LogP contribution in [0.25, 0.3) is 0 Å². The highest BCUT2D eigenvalue weighted by atomic mass is 16.5. The van der Waals surface area contributed by atoms with Gasteiger partial charge in [-0.1, -0.05) is 24.3 Å². The van der Waals surface area contributed by atoms with Crippen molar-refractivity contribution in [1.29, 1.82) is 0 Å². The second kappa shape index (κ2) is 6.47. The molecule has 1 aliphatic rings. The van der Waals surface area contributed by atoms with Gasteiger partial charge in [0, 0.05) is 13.1 Å². The van der Waals surface area contributed by atoms with Gasteiger partial charge >= 0.3 is 6.09 Å². The summed E-state index contributed by atoms with van der Waals surface area (Å²) in [5.41, 5.74) is 3.41. The second-order valence-corrected chi connectivity index (χ2v) is 5.19. The molecule has 1 aromatic heterocycles. The third-order valence-electron chi connectivity index (χ3n) is 3.72. The minimum atomic E-state index is -0.455. The van der Waals surface area contributed by atoms with E-state index in [4.69, 9.17) is 4.74 Å². The number of ether oxygens (including phenoxy) is 1. The van der Waals surface area contributed by atoms with Gasteiger partial charge in [0.15, 0.2) is 0 Å². The fourth-order valence-corrected chi connectivity index (χ4v) is 2.62. The molecule has 5 heteroatoms. The lowest BCUT2D eigenvalue weighted by Crippen LogP contribution is -2.30. The Balaban J connectivity index is 1.68. The Kier molecular flexibility index (Phi) is 4.23. The first-order chi connectivity index (χ1) is 10.8. The molecule has 0 atom stereocenters. The minimum Gasteiger partial charge on any atom is -0.450 e. The molecule has 0 unspecified atom stereocenters. The van der Waals surface area contributed by atoms with Crippen molar-refractivity contribution in [3.8, 4) is 0 Å². The number of anilines is 2. The van der Waals surface area contributed by atoms with E-state index in [2.05, 4.69) is 39.5 Å². The second-order valence-electron chi connectivity index (χ2n) is 5.19. The van der Waals surface area contributed by atoms with Crippen LogP contribution in [0.3, 0.4) is 0 Å². The van der Waals surface area contributed by atoms with Crippen LogP contribution in [0.2, 0.25) is 0 Å². The number of aromatic nitrogens is 1. The molecule has 22 heavy (non-hydrogen) atoms. The normalized spacial score (nSPS) is 13.4. The van der Waals surface area contributed by atoms with Crippen molar-refractivity contribution in [2.24, 2.45) is 0 Å². The fourth-order valence-electron chi connectivity index (χ4n) is 2.62. The van der Waals surface area contributed by atoms with Crippen LogP contribution in [-0.4, -0.2) is 24.2 Å². The van der Waals surface area contributed by atoms with Crippen LogP contribution >= 0.6 is 0 Å². The van der Waals surface area contributed by atoms with E-state index in [9.17, 15) is 4.79 Å². The highest BCUT2D eigenvalue weighted by molar-refractivity contribution is 5.84. The summed E-state index contributed by atoms with van der Waals surface area (Å²) >= 11 is 0. The standard InChI is InChI=1S/C17H19N3O2/c1-2-22-17(21)19-15-7-8-16(18-11-15)20-10-9-13-5-3-4-6-14(13)12-20/h3-8,11H,2,9-10,12H2,1H3,(H,19,21). The van der Waals surface area contributed by atoms with Gasteiger partial charge in [-0.2, -0.15) is 0 Å². The molecule has 0 saturated carbocycles. The van der Waals surface area contributed by atoms with Crippen molar-refractivity contribution in [2.45, 2.75) is 19.9 Å². The number of carbonyl (C=O) groups is 1. The smallest absolute Gasteiger partial charge is 0.411 e. The zero-order valence-electron chi connectivity index (χ0n) is 12.6. The van der Waals surface area contributed by atoms with Crippen molar-refractivity contribution in [3.63, 3.8) is 0 Å². The predicted molar refractivity (Wildman–Crippen MR) is 86.1 cm³/mol. The maximum absolute atomic E-state index is 11.4. The molecular formula is C17H19N3O2. The van der Waals surface area contributed by atoms with Crippen LogP contribution in [0.4, 0.5) is 16.3 Å². The molecular weight excluding hydrogens is 278 g/mol. The molecule has 0 bridgehead atoms. The Morgan fingerprint density at radius 2 is 2.09 bits per heavy atom. The Hall–Kier alpha value is -2.56. The van der Waals surface area contributed by atoms with Gasteiger partial charge in [-0.15, -0.1) is 0 Å². The number of nitrogens with zero attached hydrogens (tertiary/aromatic N) is 2. The lowest BCUT2D eigenvalue weighted by atomic mass is 10.00. The van der Waals surface area contributed by atoms with Crippen LogP contribution in [0.1, 0.15) is 18.1 Å². The molecule has 1 amide bonds. The molecule has 0 spiro atoms. The van der Waals surface area contributed by atoms with E-state index in [-0.39, 0.29) is 0 Å². The van der Waals surface area contributed by atoms with Gasteiger partial charge in [0.2, 0.25) is 0 Å². The summed E-state index contributed by atoms with van der Waals surface area (Å²) in [6, 6.07) is 12.3. The van der Waals surface area contributed by atoms with E-state index < -0.39 is 6.09 Å². The van der Waals surface area contributed by atoms with Crippen molar-refractivity contribution in [1.82, 2.24) is 4.98 Å². The first-order valence-electron chi connectivity index (χ1n) is 7.48. The van der Waals surface area contributed by atoms with Gasteiger partial charge in [-0.25, -0.2) is 9.78 Å². The average molecular weight is 297 g/mol. The van der Waals surface area contributed by atoms with Crippen LogP contribution in [0.15, 0.2) is 42.6 Å². The molecule has 2 heterocycles. The van der Waals surface area contributed by atoms with E-state index in [1.54, 1.807) is 13.1 Å². The zero-order chi connectivity index (χ0) is 15.4.